The Hall–Kier alpha value is -3.72. The minimum absolute atomic E-state index is 0.815. The highest BCUT2D eigenvalue weighted by atomic mass is 15.3. The second kappa shape index (κ2) is 8.11. The first-order chi connectivity index (χ1) is 13.4. The minimum Gasteiger partial charge on any atom is -0.275 e. The van der Waals surface area contributed by atoms with Gasteiger partial charge in [-0.15, -0.1) is 10.2 Å². The molecule has 0 aliphatic heterocycles. The second-order valence-corrected chi connectivity index (χ2v) is 6.02. The molecular formula is C24H19N3. The van der Waals surface area contributed by atoms with Gasteiger partial charge in [-0.3, -0.25) is 4.57 Å². The van der Waals surface area contributed by atoms with Gasteiger partial charge in [0.2, 0.25) is 0 Å². The van der Waals surface area contributed by atoms with E-state index in [1.54, 1.807) is 0 Å². The number of hydrogen-bond acceptors (Lipinski definition) is 2. The summed E-state index contributed by atoms with van der Waals surface area (Å²) in [6, 6.07) is 38.5. The van der Waals surface area contributed by atoms with Crippen molar-refractivity contribution in [1.29, 1.82) is 0 Å². The van der Waals surface area contributed by atoms with Crippen molar-refractivity contribution >= 4 is 0 Å². The van der Waals surface area contributed by atoms with Gasteiger partial charge >= 0.3 is 0 Å². The number of benzene rings is 2. The van der Waals surface area contributed by atoms with Crippen LogP contribution in [0.25, 0.3) is 28.5 Å². The van der Waals surface area contributed by atoms with Crippen molar-refractivity contribution in [2.24, 2.45) is 0 Å². The van der Waals surface area contributed by atoms with Crippen molar-refractivity contribution in [2.75, 3.05) is 0 Å². The lowest BCUT2D eigenvalue weighted by Crippen LogP contribution is -1.99. The van der Waals surface area contributed by atoms with Gasteiger partial charge in [-0.2, -0.15) is 0 Å². The molecule has 1 heterocycles. The fraction of sp³-hybridized carbons (Fsp3) is 0. The average Bonchev–Trinajstić information content (AvgIpc) is 3.18. The Balaban J connectivity index is 1.99. The SMILES string of the molecule is c1ccccc(-n2c(-c3ccccc3)nnc2-c2ccccc2)cccc1. The van der Waals surface area contributed by atoms with E-state index in [1.807, 2.05) is 78.9 Å². The standard InChI is InChI=1S/C24H19N3/c1-2-4-12-18-22(19-13-5-3-1)27-23(20-14-8-6-9-15-20)25-26-24(27)21-16-10-7-11-17-21/h1-19H. The molecule has 3 nitrogen and oxygen atoms in total. The minimum atomic E-state index is 0.815. The molecule has 0 spiro atoms. The highest BCUT2D eigenvalue weighted by Gasteiger charge is 2.16. The highest BCUT2D eigenvalue weighted by molar-refractivity contribution is 5.66. The van der Waals surface area contributed by atoms with Crippen molar-refractivity contribution < 1.29 is 0 Å². The molecule has 0 bridgehead atoms. The summed E-state index contributed by atoms with van der Waals surface area (Å²) in [5.74, 6) is 1.63. The lowest BCUT2D eigenvalue weighted by molar-refractivity contribution is 1.07. The molecule has 0 fully saturated rings. The molecule has 0 radical (unpaired) electrons. The Morgan fingerprint density at radius 3 is 1.19 bits per heavy atom. The fourth-order valence-electron chi connectivity index (χ4n) is 2.91. The van der Waals surface area contributed by atoms with Gasteiger partial charge in [-0.25, -0.2) is 0 Å². The molecule has 4 rings (SSSR count). The molecule has 0 saturated carbocycles. The Morgan fingerprint density at radius 2 is 0.741 bits per heavy atom. The summed E-state index contributed by atoms with van der Waals surface area (Å²) in [5.41, 5.74) is 3.05. The van der Waals surface area contributed by atoms with Gasteiger partial charge in [0.1, 0.15) is 0 Å². The van der Waals surface area contributed by atoms with E-state index in [2.05, 4.69) is 51.2 Å². The van der Waals surface area contributed by atoms with Crippen LogP contribution in [0.3, 0.4) is 0 Å². The normalized spacial score (nSPS) is 10.2. The van der Waals surface area contributed by atoms with Gasteiger partial charge in [0.15, 0.2) is 11.6 Å². The molecule has 130 valence electrons. The van der Waals surface area contributed by atoms with E-state index < -0.39 is 0 Å². The largest absolute Gasteiger partial charge is 0.275 e. The third-order valence-electron chi connectivity index (χ3n) is 4.19. The summed E-state index contributed by atoms with van der Waals surface area (Å²) in [6.45, 7) is 0. The topological polar surface area (TPSA) is 30.7 Å². The van der Waals surface area contributed by atoms with Crippen LogP contribution in [0.4, 0.5) is 0 Å². The van der Waals surface area contributed by atoms with Gasteiger partial charge in [-0.05, 0) is 12.1 Å². The smallest absolute Gasteiger partial charge is 0.168 e. The van der Waals surface area contributed by atoms with Crippen molar-refractivity contribution in [3.8, 4) is 28.5 Å². The van der Waals surface area contributed by atoms with Crippen LogP contribution in [0.15, 0.2) is 115 Å². The van der Waals surface area contributed by atoms with E-state index in [4.69, 9.17) is 0 Å². The average molecular weight is 349 g/mol. The van der Waals surface area contributed by atoms with Crippen molar-refractivity contribution in [2.45, 2.75) is 0 Å². The first kappa shape index (κ1) is 16.7. The van der Waals surface area contributed by atoms with Crippen LogP contribution in [0, 0.1) is 0 Å². The number of hydrogen-bond donors (Lipinski definition) is 0. The third kappa shape index (κ3) is 3.77. The van der Waals surface area contributed by atoms with Gasteiger partial charge in [0.25, 0.3) is 0 Å². The molecule has 0 aliphatic carbocycles. The zero-order valence-electron chi connectivity index (χ0n) is 14.8. The monoisotopic (exact) mass is 349 g/mol. The first-order valence-corrected chi connectivity index (χ1v) is 8.88. The predicted molar refractivity (Wildman–Crippen MR) is 110 cm³/mol. The van der Waals surface area contributed by atoms with E-state index in [-0.39, 0.29) is 0 Å². The van der Waals surface area contributed by atoms with Crippen LogP contribution in [0.1, 0.15) is 0 Å². The first-order valence-electron chi connectivity index (χ1n) is 8.88. The summed E-state index contributed by atoms with van der Waals surface area (Å²) in [6.07, 6.45) is 0. The Bertz CT molecular complexity index is 987. The Morgan fingerprint density at radius 1 is 0.407 bits per heavy atom. The Kier molecular flexibility index (Phi) is 5.02. The van der Waals surface area contributed by atoms with Crippen LogP contribution < -0.4 is 0 Å². The molecular weight excluding hydrogens is 330 g/mol. The number of aromatic nitrogens is 3. The van der Waals surface area contributed by atoms with E-state index in [9.17, 15) is 0 Å². The van der Waals surface area contributed by atoms with Crippen LogP contribution in [0.2, 0.25) is 0 Å². The molecule has 3 aromatic carbocycles. The number of rotatable bonds is 3. The molecule has 0 atom stereocenters. The predicted octanol–water partition coefficient (Wildman–Crippen LogP) is 5.73. The quantitative estimate of drug-likeness (QED) is 0.473. The van der Waals surface area contributed by atoms with Crippen molar-refractivity contribution in [1.82, 2.24) is 14.8 Å². The maximum absolute atomic E-state index is 4.52. The van der Waals surface area contributed by atoms with Crippen LogP contribution in [-0.4, -0.2) is 14.8 Å². The summed E-state index contributed by atoms with van der Waals surface area (Å²) < 4.78 is 2.10. The maximum atomic E-state index is 4.52. The van der Waals surface area contributed by atoms with Crippen LogP contribution in [0.5, 0.6) is 0 Å². The van der Waals surface area contributed by atoms with E-state index in [1.165, 1.54) is 0 Å². The molecule has 3 heteroatoms. The second-order valence-electron chi connectivity index (χ2n) is 6.02. The molecule has 0 unspecified atom stereocenters. The van der Waals surface area contributed by atoms with E-state index >= 15 is 0 Å². The van der Waals surface area contributed by atoms with Crippen LogP contribution in [-0.2, 0) is 0 Å². The lowest BCUT2D eigenvalue weighted by Gasteiger charge is -2.10. The third-order valence-corrected chi connectivity index (χ3v) is 4.19. The zero-order chi connectivity index (χ0) is 18.3. The molecule has 0 aliphatic rings. The fourth-order valence-corrected chi connectivity index (χ4v) is 2.91. The molecule has 0 amide bonds. The highest BCUT2D eigenvalue weighted by Crippen LogP contribution is 2.27. The summed E-state index contributed by atoms with van der Waals surface area (Å²) >= 11 is 0. The van der Waals surface area contributed by atoms with Crippen molar-refractivity contribution in [3.63, 3.8) is 0 Å². The summed E-state index contributed by atoms with van der Waals surface area (Å²) in [5, 5.41) is 9.03. The van der Waals surface area contributed by atoms with Gasteiger partial charge in [0.05, 0.1) is 0 Å². The Labute approximate surface area is 158 Å². The van der Waals surface area contributed by atoms with E-state index in [0.717, 1.165) is 28.5 Å². The molecule has 4 aromatic rings. The maximum Gasteiger partial charge on any atom is 0.168 e. The zero-order valence-corrected chi connectivity index (χ0v) is 14.8. The van der Waals surface area contributed by atoms with Gasteiger partial charge in [-0.1, -0.05) is 103 Å². The lowest BCUT2D eigenvalue weighted by atomic mass is 10.2. The summed E-state index contributed by atoms with van der Waals surface area (Å²) in [7, 11) is 0. The molecule has 1 aromatic heterocycles. The van der Waals surface area contributed by atoms with Crippen molar-refractivity contribution in [3.05, 3.63) is 115 Å². The number of nitrogens with zero attached hydrogens (tertiary/aromatic N) is 3. The van der Waals surface area contributed by atoms with Gasteiger partial charge in [0, 0.05) is 16.8 Å². The van der Waals surface area contributed by atoms with E-state index in [0.29, 0.717) is 0 Å². The molecule has 27 heavy (non-hydrogen) atoms. The molecule has 0 saturated heterocycles. The molecule has 0 N–H and O–H groups in total. The van der Waals surface area contributed by atoms with Gasteiger partial charge < -0.3 is 0 Å². The van der Waals surface area contributed by atoms with Crippen LogP contribution >= 0.6 is 0 Å². The summed E-state index contributed by atoms with van der Waals surface area (Å²) in [4.78, 5) is 0.